The van der Waals surface area contributed by atoms with E-state index < -0.39 is 5.97 Å². The zero-order valence-corrected chi connectivity index (χ0v) is 13.5. The molecule has 0 radical (unpaired) electrons. The summed E-state index contributed by atoms with van der Waals surface area (Å²) in [5, 5.41) is 9.14. The lowest BCUT2D eigenvalue weighted by Gasteiger charge is -2.10. The Morgan fingerprint density at radius 2 is 2.00 bits per heavy atom. The molecule has 21 heavy (non-hydrogen) atoms. The Labute approximate surface area is 135 Å². The van der Waals surface area contributed by atoms with E-state index in [4.69, 9.17) is 21.4 Å². The predicted octanol–water partition coefficient (Wildman–Crippen LogP) is 5.30. The van der Waals surface area contributed by atoms with E-state index in [-0.39, 0.29) is 0 Å². The van der Waals surface area contributed by atoms with Crippen molar-refractivity contribution >= 4 is 39.6 Å². The summed E-state index contributed by atoms with van der Waals surface area (Å²) in [6.07, 6.45) is 2.59. The smallest absolute Gasteiger partial charge is 0.328 e. The maximum Gasteiger partial charge on any atom is 0.328 e. The summed E-state index contributed by atoms with van der Waals surface area (Å²) in [5.74, 6) is 0.194. The molecule has 0 amide bonds. The highest BCUT2D eigenvalue weighted by Crippen LogP contribution is 2.34. The first-order valence-electron chi connectivity index (χ1n) is 6.10. The fourth-order valence-corrected chi connectivity index (χ4v) is 2.31. The minimum Gasteiger partial charge on any atom is -0.478 e. The summed E-state index contributed by atoms with van der Waals surface area (Å²) in [7, 11) is 0. The van der Waals surface area contributed by atoms with Crippen LogP contribution in [-0.4, -0.2) is 11.1 Å². The molecule has 0 aromatic heterocycles. The molecule has 2 rings (SSSR count). The Bertz CT molecular complexity index is 711. The van der Waals surface area contributed by atoms with Crippen molar-refractivity contribution in [3.63, 3.8) is 0 Å². The lowest BCUT2D eigenvalue weighted by molar-refractivity contribution is -0.131. The monoisotopic (exact) mass is 366 g/mol. The van der Waals surface area contributed by atoms with Crippen molar-refractivity contribution < 1.29 is 14.6 Å². The Morgan fingerprint density at radius 1 is 1.24 bits per heavy atom. The number of benzene rings is 2. The molecule has 0 bridgehead atoms. The standard InChI is InChI=1S/C16H12BrClO3/c1-10-2-5-13(18)15(8-10)21-14-6-3-11(9-12(14)17)4-7-16(19)20/h2-9H,1H3,(H,19,20)/b7-4+. The molecule has 0 atom stereocenters. The van der Waals surface area contributed by atoms with E-state index in [1.807, 2.05) is 19.1 Å². The van der Waals surface area contributed by atoms with Gasteiger partial charge in [-0.3, -0.25) is 0 Å². The second kappa shape index (κ2) is 6.78. The number of hydrogen-bond acceptors (Lipinski definition) is 2. The molecule has 0 aliphatic heterocycles. The maximum atomic E-state index is 10.5. The van der Waals surface area contributed by atoms with Crippen molar-refractivity contribution in [2.24, 2.45) is 0 Å². The van der Waals surface area contributed by atoms with Crippen molar-refractivity contribution in [1.82, 2.24) is 0 Å². The molecule has 0 aliphatic carbocycles. The van der Waals surface area contributed by atoms with Crippen LogP contribution in [0.25, 0.3) is 6.08 Å². The van der Waals surface area contributed by atoms with Gasteiger partial charge in [-0.2, -0.15) is 0 Å². The number of carboxylic acids is 1. The van der Waals surface area contributed by atoms with Crippen molar-refractivity contribution in [3.8, 4) is 11.5 Å². The molecule has 108 valence electrons. The lowest BCUT2D eigenvalue weighted by atomic mass is 10.2. The zero-order valence-electron chi connectivity index (χ0n) is 11.1. The van der Waals surface area contributed by atoms with Gasteiger partial charge < -0.3 is 9.84 Å². The van der Waals surface area contributed by atoms with E-state index in [1.54, 1.807) is 24.3 Å². The number of carboxylic acid groups (broad SMARTS) is 1. The Morgan fingerprint density at radius 3 is 2.67 bits per heavy atom. The summed E-state index contributed by atoms with van der Waals surface area (Å²) in [6.45, 7) is 1.96. The van der Waals surface area contributed by atoms with Gasteiger partial charge in [-0.05, 0) is 64.3 Å². The van der Waals surface area contributed by atoms with E-state index in [2.05, 4.69) is 15.9 Å². The van der Waals surface area contributed by atoms with E-state index in [0.29, 0.717) is 21.0 Å². The van der Waals surface area contributed by atoms with Crippen LogP contribution in [0.4, 0.5) is 0 Å². The summed E-state index contributed by atoms with van der Waals surface area (Å²) >= 11 is 9.50. The minimum absolute atomic E-state index is 0.530. The molecule has 0 heterocycles. The van der Waals surface area contributed by atoms with Crippen molar-refractivity contribution in [1.29, 1.82) is 0 Å². The van der Waals surface area contributed by atoms with Crippen LogP contribution >= 0.6 is 27.5 Å². The maximum absolute atomic E-state index is 10.5. The van der Waals surface area contributed by atoms with Gasteiger partial charge in [-0.25, -0.2) is 4.79 Å². The number of aryl methyl sites for hydroxylation is 1. The molecule has 2 aromatic carbocycles. The SMILES string of the molecule is Cc1ccc(Cl)c(Oc2ccc(/C=C/C(=O)O)cc2Br)c1. The first-order valence-corrected chi connectivity index (χ1v) is 7.27. The molecule has 0 saturated carbocycles. The number of hydrogen-bond donors (Lipinski definition) is 1. The highest BCUT2D eigenvalue weighted by molar-refractivity contribution is 9.10. The molecule has 0 aliphatic rings. The summed E-state index contributed by atoms with van der Waals surface area (Å²) in [6, 6.07) is 10.8. The van der Waals surface area contributed by atoms with Gasteiger partial charge in [0.25, 0.3) is 0 Å². The van der Waals surface area contributed by atoms with Crippen LogP contribution in [0.2, 0.25) is 5.02 Å². The second-order valence-corrected chi connectivity index (χ2v) is 5.66. The van der Waals surface area contributed by atoms with Crippen LogP contribution in [0.3, 0.4) is 0 Å². The van der Waals surface area contributed by atoms with E-state index >= 15 is 0 Å². The summed E-state index contributed by atoms with van der Waals surface area (Å²) < 4.78 is 6.50. The fraction of sp³-hybridized carbons (Fsp3) is 0.0625. The van der Waals surface area contributed by atoms with Gasteiger partial charge in [0.2, 0.25) is 0 Å². The van der Waals surface area contributed by atoms with Crippen LogP contribution in [-0.2, 0) is 4.79 Å². The number of halogens is 2. The van der Waals surface area contributed by atoms with E-state index in [0.717, 1.165) is 17.2 Å². The highest BCUT2D eigenvalue weighted by atomic mass is 79.9. The first kappa shape index (κ1) is 15.6. The third-order valence-corrected chi connectivity index (χ3v) is 3.61. The highest BCUT2D eigenvalue weighted by Gasteiger charge is 2.07. The summed E-state index contributed by atoms with van der Waals surface area (Å²) in [5.41, 5.74) is 1.80. The molecule has 0 spiro atoms. The summed E-state index contributed by atoms with van der Waals surface area (Å²) in [4.78, 5) is 10.5. The van der Waals surface area contributed by atoms with Gasteiger partial charge in [-0.1, -0.05) is 23.7 Å². The average Bonchev–Trinajstić information content (AvgIpc) is 2.43. The van der Waals surface area contributed by atoms with Crippen LogP contribution in [0.15, 0.2) is 46.9 Å². The Hall–Kier alpha value is -1.78. The van der Waals surface area contributed by atoms with Crippen LogP contribution < -0.4 is 4.74 Å². The molecule has 3 nitrogen and oxygen atoms in total. The zero-order chi connectivity index (χ0) is 15.4. The van der Waals surface area contributed by atoms with Gasteiger partial charge in [0.05, 0.1) is 9.50 Å². The molecular weight excluding hydrogens is 356 g/mol. The molecule has 0 saturated heterocycles. The molecular formula is C16H12BrClO3. The van der Waals surface area contributed by atoms with Gasteiger partial charge >= 0.3 is 5.97 Å². The van der Waals surface area contributed by atoms with Crippen molar-refractivity contribution in [2.75, 3.05) is 0 Å². The van der Waals surface area contributed by atoms with E-state index in [9.17, 15) is 4.79 Å². The number of ether oxygens (including phenoxy) is 1. The predicted molar refractivity (Wildman–Crippen MR) is 87.1 cm³/mol. The van der Waals surface area contributed by atoms with Crippen LogP contribution in [0.5, 0.6) is 11.5 Å². The lowest BCUT2D eigenvalue weighted by Crippen LogP contribution is -1.89. The molecule has 0 unspecified atom stereocenters. The fourth-order valence-electron chi connectivity index (χ4n) is 1.68. The molecule has 1 N–H and O–H groups in total. The normalized spacial score (nSPS) is 10.8. The Kier molecular flexibility index (Phi) is 5.04. The topological polar surface area (TPSA) is 46.5 Å². The Balaban J connectivity index is 2.25. The first-order chi connectivity index (χ1) is 9.95. The molecule has 5 heteroatoms. The van der Waals surface area contributed by atoms with Gasteiger partial charge in [0, 0.05) is 6.08 Å². The largest absolute Gasteiger partial charge is 0.478 e. The van der Waals surface area contributed by atoms with E-state index in [1.165, 1.54) is 6.08 Å². The second-order valence-electron chi connectivity index (χ2n) is 4.40. The third-order valence-electron chi connectivity index (χ3n) is 2.68. The molecule has 2 aromatic rings. The average molecular weight is 368 g/mol. The number of rotatable bonds is 4. The minimum atomic E-state index is -0.988. The molecule has 0 fully saturated rings. The van der Waals surface area contributed by atoms with Gasteiger partial charge in [0.15, 0.2) is 0 Å². The quantitative estimate of drug-likeness (QED) is 0.746. The number of carbonyl (C=O) groups is 1. The van der Waals surface area contributed by atoms with Crippen molar-refractivity contribution in [2.45, 2.75) is 6.92 Å². The third kappa shape index (κ3) is 4.34. The van der Waals surface area contributed by atoms with Gasteiger partial charge in [-0.15, -0.1) is 0 Å². The van der Waals surface area contributed by atoms with Crippen LogP contribution in [0, 0.1) is 6.92 Å². The van der Waals surface area contributed by atoms with Crippen LogP contribution in [0.1, 0.15) is 11.1 Å². The van der Waals surface area contributed by atoms with Crippen molar-refractivity contribution in [3.05, 3.63) is 63.1 Å². The number of aliphatic carboxylic acids is 1. The van der Waals surface area contributed by atoms with Gasteiger partial charge in [0.1, 0.15) is 11.5 Å².